The number of hydrogen-bond donors (Lipinski definition) is 1. The quantitative estimate of drug-likeness (QED) is 0.356. The summed E-state index contributed by atoms with van der Waals surface area (Å²) in [6.45, 7) is 8.27. The SMILES string of the molecule is CN=C(NCCN1CCN(C(C)=O)CC1)N(C)CCOc1ccccc1.I. The summed E-state index contributed by atoms with van der Waals surface area (Å²) in [5.74, 6) is 1.92. The van der Waals surface area contributed by atoms with Gasteiger partial charge in [-0.2, -0.15) is 0 Å². The molecule has 0 atom stereocenters. The van der Waals surface area contributed by atoms with E-state index in [9.17, 15) is 4.79 Å². The van der Waals surface area contributed by atoms with Crippen LogP contribution >= 0.6 is 24.0 Å². The molecule has 2 rings (SSSR count). The Morgan fingerprint density at radius 2 is 1.89 bits per heavy atom. The lowest BCUT2D eigenvalue weighted by molar-refractivity contribution is -0.130. The third-order valence-corrected chi connectivity index (χ3v) is 4.54. The molecule has 1 saturated heterocycles. The number of piperazine rings is 1. The fraction of sp³-hybridized carbons (Fsp3) is 0.579. The van der Waals surface area contributed by atoms with E-state index in [-0.39, 0.29) is 29.9 Å². The predicted molar refractivity (Wildman–Crippen MR) is 120 cm³/mol. The van der Waals surface area contributed by atoms with Crippen molar-refractivity contribution in [1.82, 2.24) is 20.0 Å². The number of likely N-dealkylation sites (N-methyl/N-ethyl adjacent to an activating group) is 1. The van der Waals surface area contributed by atoms with E-state index in [4.69, 9.17) is 4.74 Å². The normalized spacial score (nSPS) is 15.1. The van der Waals surface area contributed by atoms with Crippen LogP contribution in [0.3, 0.4) is 0 Å². The zero-order valence-electron chi connectivity index (χ0n) is 16.6. The van der Waals surface area contributed by atoms with Crippen molar-refractivity contribution in [2.75, 3.05) is 66.5 Å². The fourth-order valence-corrected chi connectivity index (χ4v) is 2.92. The lowest BCUT2D eigenvalue weighted by Gasteiger charge is -2.34. The number of halogens is 1. The van der Waals surface area contributed by atoms with Crippen LogP contribution in [0.2, 0.25) is 0 Å². The molecule has 1 aromatic rings. The Labute approximate surface area is 179 Å². The van der Waals surface area contributed by atoms with Crippen LogP contribution in [0, 0.1) is 0 Å². The molecule has 1 fully saturated rings. The van der Waals surface area contributed by atoms with Crippen molar-refractivity contribution in [1.29, 1.82) is 0 Å². The summed E-state index contributed by atoms with van der Waals surface area (Å²) < 4.78 is 5.74. The van der Waals surface area contributed by atoms with Crippen molar-refractivity contribution < 1.29 is 9.53 Å². The summed E-state index contributed by atoms with van der Waals surface area (Å²) in [6.07, 6.45) is 0. The minimum Gasteiger partial charge on any atom is -0.492 e. The number of ether oxygens (including phenoxy) is 1. The summed E-state index contributed by atoms with van der Waals surface area (Å²) >= 11 is 0. The second-order valence-electron chi connectivity index (χ2n) is 6.40. The number of nitrogens with one attached hydrogen (secondary N) is 1. The summed E-state index contributed by atoms with van der Waals surface area (Å²) in [4.78, 5) is 22.0. The Morgan fingerprint density at radius 3 is 2.48 bits per heavy atom. The number of carbonyl (C=O) groups excluding carboxylic acids is 1. The number of aliphatic imine (C=N–C) groups is 1. The van der Waals surface area contributed by atoms with Crippen molar-refractivity contribution in [3.05, 3.63) is 30.3 Å². The van der Waals surface area contributed by atoms with Gasteiger partial charge in [-0.15, -0.1) is 24.0 Å². The van der Waals surface area contributed by atoms with Gasteiger partial charge in [-0.05, 0) is 12.1 Å². The van der Waals surface area contributed by atoms with Crippen LogP contribution in [0.4, 0.5) is 0 Å². The molecule has 8 heteroatoms. The van der Waals surface area contributed by atoms with E-state index in [2.05, 4.69) is 20.1 Å². The van der Waals surface area contributed by atoms with E-state index in [0.717, 1.165) is 57.5 Å². The first-order valence-corrected chi connectivity index (χ1v) is 9.17. The molecule has 1 aromatic carbocycles. The molecule has 0 aromatic heterocycles. The van der Waals surface area contributed by atoms with Crippen LogP contribution in [-0.2, 0) is 4.79 Å². The molecule has 1 aliphatic rings. The zero-order chi connectivity index (χ0) is 18.8. The van der Waals surface area contributed by atoms with Gasteiger partial charge < -0.3 is 19.9 Å². The number of nitrogens with zero attached hydrogens (tertiary/aromatic N) is 4. The summed E-state index contributed by atoms with van der Waals surface area (Å²) in [5, 5.41) is 3.40. The number of rotatable bonds is 7. The number of hydrogen-bond acceptors (Lipinski definition) is 4. The Hall–Kier alpha value is -1.55. The average molecular weight is 489 g/mol. The van der Waals surface area contributed by atoms with E-state index < -0.39 is 0 Å². The zero-order valence-corrected chi connectivity index (χ0v) is 18.9. The molecular formula is C19H32IN5O2. The Kier molecular flexibility index (Phi) is 11.1. The van der Waals surface area contributed by atoms with E-state index in [1.54, 1.807) is 14.0 Å². The maximum atomic E-state index is 11.4. The molecule has 1 aliphatic heterocycles. The van der Waals surface area contributed by atoms with Crippen molar-refractivity contribution in [3.8, 4) is 5.75 Å². The van der Waals surface area contributed by atoms with Gasteiger partial charge in [-0.25, -0.2) is 0 Å². The maximum absolute atomic E-state index is 11.4. The molecule has 0 spiro atoms. The lowest BCUT2D eigenvalue weighted by Crippen LogP contribution is -2.50. The molecule has 0 saturated carbocycles. The highest BCUT2D eigenvalue weighted by Gasteiger charge is 2.18. The van der Waals surface area contributed by atoms with E-state index >= 15 is 0 Å². The predicted octanol–water partition coefficient (Wildman–Crippen LogP) is 1.35. The molecule has 0 aliphatic carbocycles. The summed E-state index contributed by atoms with van der Waals surface area (Å²) in [6, 6.07) is 9.83. The highest BCUT2D eigenvalue weighted by Crippen LogP contribution is 2.07. The second-order valence-corrected chi connectivity index (χ2v) is 6.40. The van der Waals surface area contributed by atoms with Crippen molar-refractivity contribution in [3.63, 3.8) is 0 Å². The topological polar surface area (TPSA) is 60.4 Å². The number of amides is 1. The molecule has 1 amide bonds. The van der Waals surface area contributed by atoms with Gasteiger partial charge in [-0.1, -0.05) is 18.2 Å². The van der Waals surface area contributed by atoms with Crippen molar-refractivity contribution in [2.45, 2.75) is 6.92 Å². The maximum Gasteiger partial charge on any atom is 0.219 e. The molecule has 152 valence electrons. The first-order valence-electron chi connectivity index (χ1n) is 9.17. The van der Waals surface area contributed by atoms with Crippen LogP contribution in [-0.4, -0.2) is 93.1 Å². The van der Waals surface area contributed by atoms with Crippen LogP contribution in [0.25, 0.3) is 0 Å². The fourth-order valence-electron chi connectivity index (χ4n) is 2.92. The highest BCUT2D eigenvalue weighted by atomic mass is 127. The van der Waals surface area contributed by atoms with Gasteiger partial charge in [0.05, 0.1) is 6.54 Å². The van der Waals surface area contributed by atoms with Gasteiger partial charge in [0, 0.05) is 60.3 Å². The minimum absolute atomic E-state index is 0. The molecule has 7 nitrogen and oxygen atoms in total. The van der Waals surface area contributed by atoms with E-state index in [1.807, 2.05) is 42.3 Å². The summed E-state index contributed by atoms with van der Waals surface area (Å²) in [5.41, 5.74) is 0. The summed E-state index contributed by atoms with van der Waals surface area (Å²) in [7, 11) is 3.80. The molecule has 0 unspecified atom stereocenters. The van der Waals surface area contributed by atoms with Crippen LogP contribution in [0.15, 0.2) is 35.3 Å². The number of para-hydroxylation sites is 1. The average Bonchev–Trinajstić information content (AvgIpc) is 2.66. The standard InChI is InChI=1S/C19H31N5O2.HI/c1-17(25)24-13-11-23(12-14-24)10-9-21-19(20-2)22(3)15-16-26-18-7-5-4-6-8-18;/h4-8H,9-16H2,1-3H3,(H,20,21);1H. The van der Waals surface area contributed by atoms with Gasteiger partial charge in [0.1, 0.15) is 12.4 Å². The molecule has 27 heavy (non-hydrogen) atoms. The second kappa shape index (κ2) is 12.8. The van der Waals surface area contributed by atoms with E-state index in [0.29, 0.717) is 6.61 Å². The van der Waals surface area contributed by atoms with Gasteiger partial charge in [0.25, 0.3) is 0 Å². The highest BCUT2D eigenvalue weighted by molar-refractivity contribution is 14.0. The molecule has 1 N–H and O–H groups in total. The third-order valence-electron chi connectivity index (χ3n) is 4.54. The van der Waals surface area contributed by atoms with Crippen molar-refractivity contribution in [2.24, 2.45) is 4.99 Å². The minimum atomic E-state index is 0. The first kappa shape index (κ1) is 23.5. The largest absolute Gasteiger partial charge is 0.492 e. The third kappa shape index (κ3) is 8.34. The molecule has 1 heterocycles. The first-order chi connectivity index (χ1) is 12.6. The monoisotopic (exact) mass is 489 g/mol. The van der Waals surface area contributed by atoms with Gasteiger partial charge in [0.2, 0.25) is 5.91 Å². The number of benzene rings is 1. The van der Waals surface area contributed by atoms with Gasteiger partial charge >= 0.3 is 0 Å². The van der Waals surface area contributed by atoms with Crippen LogP contribution in [0.5, 0.6) is 5.75 Å². The smallest absolute Gasteiger partial charge is 0.219 e. The van der Waals surface area contributed by atoms with E-state index in [1.165, 1.54) is 0 Å². The van der Waals surface area contributed by atoms with Gasteiger partial charge in [0.15, 0.2) is 5.96 Å². The van der Waals surface area contributed by atoms with Gasteiger partial charge in [-0.3, -0.25) is 14.7 Å². The molecule has 0 bridgehead atoms. The Bertz CT molecular complexity index is 577. The lowest BCUT2D eigenvalue weighted by atomic mass is 10.3. The van der Waals surface area contributed by atoms with Crippen LogP contribution < -0.4 is 10.1 Å². The number of carbonyl (C=O) groups is 1. The van der Waals surface area contributed by atoms with Crippen LogP contribution in [0.1, 0.15) is 6.92 Å². The number of guanidine groups is 1. The molecular weight excluding hydrogens is 457 g/mol. The Morgan fingerprint density at radius 1 is 1.22 bits per heavy atom. The Balaban J connectivity index is 0.00000364. The van der Waals surface area contributed by atoms with Crippen molar-refractivity contribution >= 4 is 35.8 Å². The molecule has 0 radical (unpaired) electrons.